The van der Waals surface area contributed by atoms with Crippen molar-refractivity contribution in [1.29, 1.82) is 0 Å². The zero-order chi connectivity index (χ0) is 29.6. The van der Waals surface area contributed by atoms with Crippen molar-refractivity contribution in [1.82, 2.24) is 15.5 Å². The first-order valence-electron chi connectivity index (χ1n) is 14.4. The number of likely N-dealkylation sites (tertiary alicyclic amines) is 1. The normalized spacial score (nSPS) is 21.8. The molecule has 220 valence electrons. The Hall–Kier alpha value is -3.88. The molecule has 0 aromatic heterocycles. The van der Waals surface area contributed by atoms with Crippen LogP contribution >= 0.6 is 0 Å². The van der Waals surface area contributed by atoms with E-state index in [4.69, 9.17) is 4.74 Å². The molecular formula is C32H41N3O6. The number of amides is 3. The molecule has 4 atom stereocenters. The molecule has 2 aromatic rings. The fourth-order valence-electron chi connectivity index (χ4n) is 5.98. The quantitative estimate of drug-likeness (QED) is 0.379. The van der Waals surface area contributed by atoms with Gasteiger partial charge in [0.1, 0.15) is 5.60 Å². The number of carbonyl (C=O) groups excluding carboxylic acids is 3. The van der Waals surface area contributed by atoms with E-state index in [2.05, 4.69) is 10.6 Å². The molecule has 0 spiro atoms. The van der Waals surface area contributed by atoms with Crippen LogP contribution in [0.4, 0.5) is 4.79 Å². The zero-order valence-electron chi connectivity index (χ0n) is 24.1. The number of rotatable bonds is 11. The Morgan fingerprint density at radius 2 is 1.73 bits per heavy atom. The Balaban J connectivity index is 1.38. The van der Waals surface area contributed by atoms with Crippen LogP contribution in [-0.2, 0) is 32.0 Å². The predicted molar refractivity (Wildman–Crippen MR) is 154 cm³/mol. The summed E-state index contributed by atoms with van der Waals surface area (Å²) in [6, 6.07) is 17.3. The van der Waals surface area contributed by atoms with Crippen LogP contribution in [0.1, 0.15) is 69.1 Å². The fraction of sp³-hybridized carbons (Fsp3) is 0.500. The van der Waals surface area contributed by atoms with E-state index in [0.29, 0.717) is 19.4 Å². The molecule has 2 aromatic carbocycles. The molecule has 1 aliphatic carbocycles. The van der Waals surface area contributed by atoms with E-state index in [1.165, 1.54) is 5.56 Å². The average Bonchev–Trinajstić information content (AvgIpc) is 3.38. The molecule has 3 amide bonds. The number of carbonyl (C=O) groups is 4. The summed E-state index contributed by atoms with van der Waals surface area (Å²) in [5, 5.41) is 15.3. The van der Waals surface area contributed by atoms with Gasteiger partial charge in [0.05, 0.1) is 12.3 Å². The molecule has 3 N–H and O–H groups in total. The first-order chi connectivity index (χ1) is 19.5. The highest BCUT2D eigenvalue weighted by molar-refractivity contribution is 5.85. The summed E-state index contributed by atoms with van der Waals surface area (Å²) >= 11 is 0. The van der Waals surface area contributed by atoms with E-state index >= 15 is 0 Å². The lowest BCUT2D eigenvalue weighted by Crippen LogP contribution is -2.44. The highest BCUT2D eigenvalue weighted by Gasteiger charge is 2.40. The lowest BCUT2D eigenvalue weighted by Gasteiger charge is -2.26. The summed E-state index contributed by atoms with van der Waals surface area (Å²) in [5.41, 5.74) is 2.67. The van der Waals surface area contributed by atoms with Crippen molar-refractivity contribution in [3.63, 3.8) is 0 Å². The smallest absolute Gasteiger partial charge is 0.407 e. The van der Waals surface area contributed by atoms with Gasteiger partial charge < -0.3 is 25.4 Å². The lowest BCUT2D eigenvalue weighted by molar-refractivity contribution is -0.142. The molecule has 4 rings (SSSR count). The second-order valence-corrected chi connectivity index (χ2v) is 12.1. The van der Waals surface area contributed by atoms with Gasteiger partial charge in [-0.2, -0.15) is 0 Å². The molecule has 1 fully saturated rings. The molecule has 0 saturated carbocycles. The van der Waals surface area contributed by atoms with Crippen LogP contribution in [0, 0.1) is 5.92 Å². The van der Waals surface area contributed by atoms with Crippen LogP contribution < -0.4 is 10.6 Å². The van der Waals surface area contributed by atoms with E-state index in [1.807, 2.05) is 54.6 Å². The number of fused-ring (bicyclic) bond motifs is 1. The van der Waals surface area contributed by atoms with Crippen LogP contribution in [0.25, 0.3) is 0 Å². The van der Waals surface area contributed by atoms with E-state index in [1.54, 1.807) is 25.7 Å². The van der Waals surface area contributed by atoms with Crippen molar-refractivity contribution in [3.05, 3.63) is 71.3 Å². The largest absolute Gasteiger partial charge is 0.481 e. The molecule has 0 radical (unpaired) electrons. The predicted octanol–water partition coefficient (Wildman–Crippen LogP) is 4.05. The Morgan fingerprint density at radius 1 is 1.02 bits per heavy atom. The van der Waals surface area contributed by atoms with Crippen LogP contribution in [0.5, 0.6) is 0 Å². The van der Waals surface area contributed by atoms with E-state index in [-0.39, 0.29) is 49.2 Å². The van der Waals surface area contributed by atoms with E-state index in [0.717, 1.165) is 24.0 Å². The fourth-order valence-corrected chi connectivity index (χ4v) is 5.98. The van der Waals surface area contributed by atoms with Gasteiger partial charge in [-0.15, -0.1) is 0 Å². The first-order valence-corrected chi connectivity index (χ1v) is 14.4. The van der Waals surface area contributed by atoms with Gasteiger partial charge in [0.25, 0.3) is 0 Å². The third kappa shape index (κ3) is 8.31. The number of ether oxygens (including phenoxy) is 1. The van der Waals surface area contributed by atoms with Crippen molar-refractivity contribution in [2.24, 2.45) is 5.92 Å². The maximum atomic E-state index is 13.2. The highest BCUT2D eigenvalue weighted by Crippen LogP contribution is 2.36. The van der Waals surface area contributed by atoms with Crippen LogP contribution in [0.15, 0.2) is 54.6 Å². The molecule has 41 heavy (non-hydrogen) atoms. The molecule has 1 aliphatic heterocycles. The Labute approximate surface area is 241 Å². The monoisotopic (exact) mass is 563 g/mol. The number of hydrogen-bond acceptors (Lipinski definition) is 5. The van der Waals surface area contributed by atoms with Crippen LogP contribution in [0.2, 0.25) is 0 Å². The number of hydrogen-bond donors (Lipinski definition) is 3. The van der Waals surface area contributed by atoms with E-state index < -0.39 is 23.6 Å². The number of alkyl carbamates (subject to hydrolysis) is 1. The van der Waals surface area contributed by atoms with Crippen molar-refractivity contribution < 1.29 is 29.0 Å². The molecule has 2 aliphatic rings. The van der Waals surface area contributed by atoms with Gasteiger partial charge in [-0.1, -0.05) is 54.6 Å². The SMILES string of the molecule is CC(C)(C)OC(=O)NC1Cc2ccccc2C1CC(=O)NC[C@@H]1C[C@@H](CC(=O)O)C(=O)N1CCCc1ccccc1. The molecule has 1 saturated heterocycles. The number of carboxylic acid groups (broad SMARTS) is 1. The maximum absolute atomic E-state index is 13.2. The molecule has 9 heteroatoms. The first kappa shape index (κ1) is 30.1. The number of nitrogens with zero attached hydrogens (tertiary/aromatic N) is 1. The van der Waals surface area contributed by atoms with Gasteiger partial charge in [0, 0.05) is 37.5 Å². The highest BCUT2D eigenvalue weighted by atomic mass is 16.6. The van der Waals surface area contributed by atoms with Crippen molar-refractivity contribution in [2.75, 3.05) is 13.1 Å². The summed E-state index contributed by atoms with van der Waals surface area (Å²) in [6.07, 6.45) is 2.00. The molecule has 9 nitrogen and oxygen atoms in total. The van der Waals surface area contributed by atoms with E-state index in [9.17, 15) is 24.3 Å². The third-order valence-corrected chi connectivity index (χ3v) is 7.78. The Kier molecular flexibility index (Phi) is 9.68. The lowest BCUT2D eigenvalue weighted by atomic mass is 9.94. The zero-order valence-corrected chi connectivity index (χ0v) is 24.1. The van der Waals surface area contributed by atoms with Crippen molar-refractivity contribution >= 4 is 23.9 Å². The average molecular weight is 564 g/mol. The molecule has 1 heterocycles. The van der Waals surface area contributed by atoms with Gasteiger partial charge in [-0.3, -0.25) is 14.4 Å². The van der Waals surface area contributed by atoms with Gasteiger partial charge in [-0.05, 0) is 63.1 Å². The minimum Gasteiger partial charge on any atom is -0.481 e. The number of carboxylic acids is 1. The van der Waals surface area contributed by atoms with Crippen molar-refractivity contribution in [3.8, 4) is 0 Å². The Morgan fingerprint density at radius 3 is 2.44 bits per heavy atom. The van der Waals surface area contributed by atoms with Gasteiger partial charge in [0.15, 0.2) is 0 Å². The standard InChI is InChI=1S/C32H41N3O6/c1-32(2,3)41-31(40)34-27-17-22-13-7-8-14-25(22)26(27)19-28(36)33-20-24-16-23(18-29(37)38)30(39)35(24)15-9-12-21-10-5-4-6-11-21/h4-8,10-11,13-14,23-24,26-27H,9,12,15-20H2,1-3H3,(H,33,36)(H,34,40)(H,37,38)/t23-,24-,26?,27?/m0/s1. The van der Waals surface area contributed by atoms with Gasteiger partial charge >= 0.3 is 12.1 Å². The van der Waals surface area contributed by atoms with Gasteiger partial charge in [0.2, 0.25) is 11.8 Å². The number of benzene rings is 2. The molecule has 2 unspecified atom stereocenters. The Bertz CT molecular complexity index is 1240. The van der Waals surface area contributed by atoms with Gasteiger partial charge in [-0.25, -0.2) is 4.79 Å². The molecule has 0 bridgehead atoms. The second kappa shape index (κ2) is 13.2. The number of nitrogens with one attached hydrogen (secondary N) is 2. The molecular weight excluding hydrogens is 522 g/mol. The second-order valence-electron chi connectivity index (χ2n) is 12.1. The van der Waals surface area contributed by atoms with Crippen LogP contribution in [-0.4, -0.2) is 64.7 Å². The minimum absolute atomic E-state index is 0.161. The number of aryl methyl sites for hydroxylation is 1. The minimum atomic E-state index is -0.999. The number of aliphatic carboxylic acids is 1. The summed E-state index contributed by atoms with van der Waals surface area (Å²) in [4.78, 5) is 52.0. The maximum Gasteiger partial charge on any atom is 0.407 e. The van der Waals surface area contributed by atoms with Crippen molar-refractivity contribution in [2.45, 2.75) is 82.9 Å². The topological polar surface area (TPSA) is 125 Å². The summed E-state index contributed by atoms with van der Waals surface area (Å²) in [7, 11) is 0. The third-order valence-electron chi connectivity index (χ3n) is 7.78. The summed E-state index contributed by atoms with van der Waals surface area (Å²) in [5.74, 6) is -2.14. The summed E-state index contributed by atoms with van der Waals surface area (Å²) < 4.78 is 5.46. The summed E-state index contributed by atoms with van der Waals surface area (Å²) in [6.45, 7) is 6.18. The van der Waals surface area contributed by atoms with Crippen LogP contribution in [0.3, 0.4) is 0 Å².